The van der Waals surface area contributed by atoms with E-state index in [1.54, 1.807) is 0 Å². The first-order chi connectivity index (χ1) is 12.2. The van der Waals surface area contributed by atoms with Crippen molar-refractivity contribution in [3.8, 4) is 0 Å². The van der Waals surface area contributed by atoms with Gasteiger partial charge in [-0.1, -0.05) is 0 Å². The SMILES string of the molecule is Nc1ncnc2c1ncn2[C@@H]1O[C@H](CO[P+](=O)OP(=O)(O)O)C(O)C1O. The number of fused-ring (bicyclic) bond motifs is 1. The maximum Gasteiger partial charge on any atom is 0.708 e. The van der Waals surface area contributed by atoms with Gasteiger partial charge in [-0.25, -0.2) is 19.5 Å². The van der Waals surface area contributed by atoms with Crippen molar-refractivity contribution in [2.75, 3.05) is 12.3 Å². The van der Waals surface area contributed by atoms with Gasteiger partial charge in [0.15, 0.2) is 17.7 Å². The van der Waals surface area contributed by atoms with E-state index in [0.717, 1.165) is 0 Å². The Hall–Kier alpha value is -1.60. The molecule has 0 aromatic carbocycles. The molecular weight excluding hydrogens is 396 g/mol. The summed E-state index contributed by atoms with van der Waals surface area (Å²) in [7, 11) is -8.15. The number of rotatable bonds is 6. The highest BCUT2D eigenvalue weighted by Crippen LogP contribution is 2.48. The lowest BCUT2D eigenvalue weighted by atomic mass is 10.1. The van der Waals surface area contributed by atoms with Crippen molar-refractivity contribution < 1.29 is 42.7 Å². The second kappa shape index (κ2) is 7.19. The Kier molecular flexibility index (Phi) is 5.30. The van der Waals surface area contributed by atoms with Gasteiger partial charge in [-0.05, 0) is 4.31 Å². The predicted octanol–water partition coefficient (Wildman–Crippen LogP) is -1.19. The molecule has 2 aromatic rings. The van der Waals surface area contributed by atoms with Gasteiger partial charge in [-0.15, -0.1) is 4.52 Å². The second-order valence-corrected chi connectivity index (χ2v) is 7.56. The van der Waals surface area contributed by atoms with Crippen LogP contribution in [0.1, 0.15) is 6.23 Å². The summed E-state index contributed by atoms with van der Waals surface area (Å²) < 4.78 is 37.1. The summed E-state index contributed by atoms with van der Waals surface area (Å²) in [5.41, 5.74) is 6.21. The first kappa shape index (κ1) is 19.2. The van der Waals surface area contributed by atoms with Crippen LogP contribution in [-0.4, -0.2) is 64.4 Å². The Labute approximate surface area is 145 Å². The molecule has 16 heteroatoms. The number of ether oxygens (including phenoxy) is 1. The number of imidazole rings is 1. The van der Waals surface area contributed by atoms with Crippen molar-refractivity contribution in [1.82, 2.24) is 19.5 Å². The van der Waals surface area contributed by atoms with Crippen molar-refractivity contribution in [1.29, 1.82) is 0 Å². The molecule has 0 aliphatic carbocycles. The lowest BCUT2D eigenvalue weighted by molar-refractivity contribution is -0.0476. The molecule has 1 aliphatic rings. The van der Waals surface area contributed by atoms with Crippen LogP contribution in [0.4, 0.5) is 5.82 Å². The van der Waals surface area contributed by atoms with Crippen molar-refractivity contribution in [3.63, 3.8) is 0 Å². The van der Waals surface area contributed by atoms with Crippen LogP contribution in [0, 0.1) is 0 Å². The van der Waals surface area contributed by atoms with Gasteiger partial charge in [0.25, 0.3) is 0 Å². The second-order valence-electron chi connectivity index (χ2n) is 5.22. The molecule has 1 saturated heterocycles. The summed E-state index contributed by atoms with van der Waals surface area (Å²) in [5, 5.41) is 20.3. The van der Waals surface area contributed by atoms with Crippen LogP contribution in [0.15, 0.2) is 12.7 Å². The maximum absolute atomic E-state index is 11.3. The zero-order chi connectivity index (χ0) is 19.1. The fraction of sp³-hybridized carbons (Fsp3) is 0.500. The van der Waals surface area contributed by atoms with E-state index in [2.05, 4.69) is 23.8 Å². The number of aromatic nitrogens is 4. The van der Waals surface area contributed by atoms with Crippen molar-refractivity contribution >= 4 is 33.1 Å². The van der Waals surface area contributed by atoms with Crippen LogP contribution in [-0.2, 0) is 22.7 Å². The highest BCUT2D eigenvalue weighted by atomic mass is 31.2. The number of aliphatic hydroxyl groups excluding tert-OH is 2. The zero-order valence-electron chi connectivity index (χ0n) is 12.8. The standard InChI is InChI=1S/C10H13N5O9P2/c11-8-5-9(13-2-12-8)15(3-14-5)10-7(17)6(16)4(23-10)1-22-25(18)24-26(19,20)21/h2-4,6-7,10,16-17H,1H2,(H3-,11,12,13,19,20,21)/p+1/t4-,6?,7?,10-/m1/s1. The van der Waals surface area contributed by atoms with Crippen molar-refractivity contribution in [2.24, 2.45) is 0 Å². The third-order valence-corrected chi connectivity index (χ3v) is 5.26. The normalized spacial score (nSPS) is 27.2. The molecule has 1 aliphatic heterocycles. The molecule has 3 unspecified atom stereocenters. The van der Waals surface area contributed by atoms with E-state index in [1.165, 1.54) is 17.2 Å². The molecule has 0 spiro atoms. The number of nitrogen functional groups attached to an aromatic ring is 1. The zero-order valence-corrected chi connectivity index (χ0v) is 14.6. The van der Waals surface area contributed by atoms with Crippen molar-refractivity contribution in [2.45, 2.75) is 24.5 Å². The Bertz CT molecular complexity index is 872. The average Bonchev–Trinajstić information content (AvgIpc) is 3.08. The molecule has 2 aromatic heterocycles. The van der Waals surface area contributed by atoms with E-state index in [-0.39, 0.29) is 17.0 Å². The number of aliphatic hydroxyl groups is 2. The smallest absolute Gasteiger partial charge is 0.387 e. The van der Waals surface area contributed by atoms with Crippen LogP contribution in [0.2, 0.25) is 0 Å². The molecule has 3 rings (SSSR count). The summed E-state index contributed by atoms with van der Waals surface area (Å²) in [4.78, 5) is 28.9. The molecule has 0 bridgehead atoms. The summed E-state index contributed by atoms with van der Waals surface area (Å²) in [5.74, 6) is 0.119. The molecule has 0 amide bonds. The number of nitrogens with two attached hydrogens (primary N) is 1. The largest absolute Gasteiger partial charge is 0.708 e. The van der Waals surface area contributed by atoms with E-state index in [0.29, 0.717) is 0 Å². The molecular formula is C10H14N5O9P2+. The number of hydrogen-bond acceptors (Lipinski definition) is 11. The minimum atomic E-state index is -4.99. The van der Waals surface area contributed by atoms with E-state index in [1.807, 2.05) is 0 Å². The number of phosphoric acid groups is 1. The Morgan fingerprint density at radius 1 is 1.31 bits per heavy atom. The fourth-order valence-corrected chi connectivity index (χ4v) is 3.55. The van der Waals surface area contributed by atoms with E-state index < -0.39 is 47.2 Å². The van der Waals surface area contributed by atoms with Gasteiger partial charge in [0.1, 0.15) is 36.8 Å². The van der Waals surface area contributed by atoms with Gasteiger partial charge >= 0.3 is 16.1 Å². The lowest BCUT2D eigenvalue weighted by Gasteiger charge is -2.16. The van der Waals surface area contributed by atoms with Gasteiger partial charge in [0.2, 0.25) is 0 Å². The van der Waals surface area contributed by atoms with Crippen LogP contribution in [0.3, 0.4) is 0 Å². The first-order valence-electron chi connectivity index (χ1n) is 6.97. The summed E-state index contributed by atoms with van der Waals surface area (Å²) in [6, 6.07) is 0. The number of nitrogens with zero attached hydrogens (tertiary/aromatic N) is 4. The first-order valence-corrected chi connectivity index (χ1v) is 9.60. The van der Waals surface area contributed by atoms with E-state index in [9.17, 15) is 19.3 Å². The number of hydrogen-bond donors (Lipinski definition) is 5. The van der Waals surface area contributed by atoms with Gasteiger partial charge in [-0.3, -0.25) is 4.57 Å². The molecule has 142 valence electrons. The molecule has 5 atom stereocenters. The topological polar surface area (TPSA) is 212 Å². The maximum atomic E-state index is 11.3. The fourth-order valence-electron chi connectivity index (χ4n) is 2.40. The van der Waals surface area contributed by atoms with Crippen LogP contribution in [0.25, 0.3) is 11.2 Å². The summed E-state index contributed by atoms with van der Waals surface area (Å²) in [6.45, 7) is -0.562. The molecule has 0 radical (unpaired) electrons. The van der Waals surface area contributed by atoms with Gasteiger partial charge < -0.3 is 30.5 Å². The van der Waals surface area contributed by atoms with Crippen LogP contribution >= 0.6 is 16.1 Å². The average molecular weight is 410 g/mol. The highest BCUT2D eigenvalue weighted by Gasteiger charge is 2.46. The van der Waals surface area contributed by atoms with Gasteiger partial charge in [-0.2, -0.15) is 0 Å². The van der Waals surface area contributed by atoms with Crippen LogP contribution < -0.4 is 5.73 Å². The Morgan fingerprint density at radius 3 is 2.73 bits per heavy atom. The van der Waals surface area contributed by atoms with Gasteiger partial charge in [0.05, 0.1) is 6.33 Å². The molecule has 1 fully saturated rings. The summed E-state index contributed by atoms with van der Waals surface area (Å²) in [6.07, 6.45) is -2.66. The third kappa shape index (κ3) is 3.88. The Balaban J connectivity index is 1.72. The van der Waals surface area contributed by atoms with Crippen LogP contribution in [0.5, 0.6) is 0 Å². The molecule has 26 heavy (non-hydrogen) atoms. The van der Waals surface area contributed by atoms with E-state index in [4.69, 9.17) is 20.3 Å². The quantitative estimate of drug-likeness (QED) is 0.355. The lowest BCUT2D eigenvalue weighted by Crippen LogP contribution is -2.33. The third-order valence-electron chi connectivity index (χ3n) is 3.52. The monoisotopic (exact) mass is 410 g/mol. The molecule has 6 N–H and O–H groups in total. The predicted molar refractivity (Wildman–Crippen MR) is 82.3 cm³/mol. The minimum absolute atomic E-state index is 0.119. The highest BCUT2D eigenvalue weighted by molar-refractivity contribution is 7.55. The molecule has 0 saturated carbocycles. The number of anilines is 1. The Morgan fingerprint density at radius 2 is 2.04 bits per heavy atom. The van der Waals surface area contributed by atoms with E-state index >= 15 is 0 Å². The molecule has 14 nitrogen and oxygen atoms in total. The minimum Gasteiger partial charge on any atom is -0.387 e. The van der Waals surface area contributed by atoms with Crippen molar-refractivity contribution in [3.05, 3.63) is 12.7 Å². The van der Waals surface area contributed by atoms with Gasteiger partial charge in [0, 0.05) is 4.57 Å². The molecule has 3 heterocycles. The summed E-state index contributed by atoms with van der Waals surface area (Å²) >= 11 is 0.